The molecule has 0 bridgehead atoms. The van der Waals surface area contributed by atoms with Crippen molar-refractivity contribution in [3.8, 4) is 0 Å². The predicted octanol–water partition coefficient (Wildman–Crippen LogP) is 3.14. The van der Waals surface area contributed by atoms with E-state index >= 15 is 0 Å². The molecular formula is C14H16ClN3. The third-order valence-electron chi connectivity index (χ3n) is 2.82. The Morgan fingerprint density at radius 3 is 2.78 bits per heavy atom. The molecule has 4 heteroatoms. The summed E-state index contributed by atoms with van der Waals surface area (Å²) in [6.45, 7) is 4.92. The summed E-state index contributed by atoms with van der Waals surface area (Å²) >= 11 is 6.18. The highest BCUT2D eigenvalue weighted by molar-refractivity contribution is 6.31. The lowest BCUT2D eigenvalue weighted by Crippen LogP contribution is -2.23. The molecule has 0 aliphatic heterocycles. The molecule has 2 rings (SSSR count). The number of rotatable bonds is 4. The van der Waals surface area contributed by atoms with Gasteiger partial charge in [-0.15, -0.1) is 0 Å². The van der Waals surface area contributed by atoms with Crippen LogP contribution in [0.2, 0.25) is 5.02 Å². The van der Waals surface area contributed by atoms with E-state index in [0.29, 0.717) is 0 Å². The van der Waals surface area contributed by atoms with Gasteiger partial charge in [-0.05, 0) is 30.7 Å². The minimum absolute atomic E-state index is 0.0294. The summed E-state index contributed by atoms with van der Waals surface area (Å²) < 4.78 is 0. The fourth-order valence-corrected chi connectivity index (χ4v) is 2.03. The summed E-state index contributed by atoms with van der Waals surface area (Å²) in [5, 5.41) is 4.18. The quantitative estimate of drug-likeness (QED) is 0.919. The summed E-state index contributed by atoms with van der Waals surface area (Å²) in [6.07, 6.45) is 5.16. The van der Waals surface area contributed by atoms with E-state index in [2.05, 4.69) is 28.3 Å². The van der Waals surface area contributed by atoms with Gasteiger partial charge in [-0.2, -0.15) is 0 Å². The molecule has 2 aromatic rings. The first-order valence-electron chi connectivity index (χ1n) is 5.97. The number of aromatic nitrogens is 2. The zero-order valence-corrected chi connectivity index (χ0v) is 11.3. The maximum Gasteiger partial charge on any atom is 0.0801 e. The van der Waals surface area contributed by atoms with Crippen LogP contribution in [0.15, 0.2) is 36.8 Å². The molecule has 1 aromatic carbocycles. The van der Waals surface area contributed by atoms with Crippen LogP contribution in [-0.2, 0) is 0 Å². The second-order valence-electron chi connectivity index (χ2n) is 4.13. The van der Waals surface area contributed by atoms with Gasteiger partial charge in [-0.3, -0.25) is 9.97 Å². The standard InChI is InChI=1S/C14H16ClN3/c1-3-17-14(13-9-16-6-7-18-13)11-5-4-10(2)12(15)8-11/h4-9,14,17H,3H2,1-2H3. The van der Waals surface area contributed by atoms with E-state index in [9.17, 15) is 0 Å². The Hall–Kier alpha value is -1.45. The van der Waals surface area contributed by atoms with Crippen molar-refractivity contribution in [3.63, 3.8) is 0 Å². The molecule has 0 saturated heterocycles. The van der Waals surface area contributed by atoms with Gasteiger partial charge < -0.3 is 5.32 Å². The van der Waals surface area contributed by atoms with Crippen LogP contribution in [0.5, 0.6) is 0 Å². The third kappa shape index (κ3) is 2.86. The number of hydrogen-bond acceptors (Lipinski definition) is 3. The molecule has 0 spiro atoms. The van der Waals surface area contributed by atoms with Crippen LogP contribution in [0, 0.1) is 6.92 Å². The second-order valence-corrected chi connectivity index (χ2v) is 4.54. The van der Waals surface area contributed by atoms with Crippen molar-refractivity contribution in [2.24, 2.45) is 0 Å². The van der Waals surface area contributed by atoms with Crippen molar-refractivity contribution < 1.29 is 0 Å². The average molecular weight is 262 g/mol. The highest BCUT2D eigenvalue weighted by Gasteiger charge is 2.15. The first-order valence-corrected chi connectivity index (χ1v) is 6.35. The van der Waals surface area contributed by atoms with E-state index in [4.69, 9.17) is 11.6 Å². The molecule has 1 aromatic heterocycles. The molecule has 0 aliphatic rings. The number of halogens is 1. The van der Waals surface area contributed by atoms with Crippen molar-refractivity contribution >= 4 is 11.6 Å². The van der Waals surface area contributed by atoms with Gasteiger partial charge >= 0.3 is 0 Å². The van der Waals surface area contributed by atoms with Crippen LogP contribution in [0.4, 0.5) is 0 Å². The van der Waals surface area contributed by atoms with Gasteiger partial charge in [0.1, 0.15) is 0 Å². The lowest BCUT2D eigenvalue weighted by Gasteiger charge is -2.18. The normalized spacial score (nSPS) is 12.4. The first kappa shape index (κ1) is 13.0. The van der Waals surface area contributed by atoms with E-state index in [0.717, 1.165) is 28.4 Å². The van der Waals surface area contributed by atoms with Crippen molar-refractivity contribution in [1.82, 2.24) is 15.3 Å². The summed E-state index contributed by atoms with van der Waals surface area (Å²) in [6, 6.07) is 6.11. The lowest BCUT2D eigenvalue weighted by molar-refractivity contribution is 0.612. The molecule has 0 aliphatic carbocycles. The van der Waals surface area contributed by atoms with Gasteiger partial charge in [0.2, 0.25) is 0 Å². The monoisotopic (exact) mass is 261 g/mol. The van der Waals surface area contributed by atoms with Crippen molar-refractivity contribution in [2.75, 3.05) is 6.54 Å². The largest absolute Gasteiger partial charge is 0.305 e. The number of nitrogens with zero attached hydrogens (tertiary/aromatic N) is 2. The lowest BCUT2D eigenvalue weighted by atomic mass is 10.0. The van der Waals surface area contributed by atoms with E-state index < -0.39 is 0 Å². The van der Waals surface area contributed by atoms with Gasteiger partial charge in [0, 0.05) is 17.4 Å². The Kier molecular flexibility index (Phi) is 4.28. The zero-order valence-electron chi connectivity index (χ0n) is 10.5. The van der Waals surface area contributed by atoms with Crippen molar-refractivity contribution in [3.05, 3.63) is 58.6 Å². The molecule has 1 unspecified atom stereocenters. The molecule has 0 amide bonds. The zero-order chi connectivity index (χ0) is 13.0. The fourth-order valence-electron chi connectivity index (χ4n) is 1.85. The van der Waals surface area contributed by atoms with E-state index in [1.807, 2.05) is 19.1 Å². The van der Waals surface area contributed by atoms with Crippen LogP contribution < -0.4 is 5.32 Å². The molecule has 0 saturated carbocycles. The maximum atomic E-state index is 6.18. The van der Waals surface area contributed by atoms with E-state index in [-0.39, 0.29) is 6.04 Å². The summed E-state index contributed by atoms with van der Waals surface area (Å²) in [7, 11) is 0. The summed E-state index contributed by atoms with van der Waals surface area (Å²) in [4.78, 5) is 8.48. The van der Waals surface area contributed by atoms with E-state index in [1.54, 1.807) is 18.6 Å². The van der Waals surface area contributed by atoms with Crippen LogP contribution in [-0.4, -0.2) is 16.5 Å². The maximum absolute atomic E-state index is 6.18. The van der Waals surface area contributed by atoms with Gasteiger partial charge in [0.05, 0.1) is 17.9 Å². The Morgan fingerprint density at radius 2 is 2.17 bits per heavy atom. The molecule has 1 atom stereocenters. The van der Waals surface area contributed by atoms with Crippen LogP contribution in [0.3, 0.4) is 0 Å². The molecule has 0 radical (unpaired) electrons. The highest BCUT2D eigenvalue weighted by Crippen LogP contribution is 2.24. The van der Waals surface area contributed by atoms with Gasteiger partial charge in [0.25, 0.3) is 0 Å². The van der Waals surface area contributed by atoms with Crippen LogP contribution >= 0.6 is 11.6 Å². The second kappa shape index (κ2) is 5.94. The predicted molar refractivity (Wildman–Crippen MR) is 73.7 cm³/mol. The Morgan fingerprint density at radius 1 is 1.33 bits per heavy atom. The number of hydrogen-bond donors (Lipinski definition) is 1. The van der Waals surface area contributed by atoms with Crippen LogP contribution in [0.25, 0.3) is 0 Å². The SMILES string of the molecule is CCNC(c1ccc(C)c(Cl)c1)c1cnccn1. The van der Waals surface area contributed by atoms with Gasteiger partial charge in [0.15, 0.2) is 0 Å². The molecule has 94 valence electrons. The van der Waals surface area contributed by atoms with Crippen molar-refractivity contribution in [2.45, 2.75) is 19.9 Å². The first-order chi connectivity index (χ1) is 8.72. The summed E-state index contributed by atoms with van der Waals surface area (Å²) in [5.41, 5.74) is 3.09. The minimum Gasteiger partial charge on any atom is -0.305 e. The molecule has 3 nitrogen and oxygen atoms in total. The molecule has 18 heavy (non-hydrogen) atoms. The fraction of sp³-hybridized carbons (Fsp3) is 0.286. The number of aryl methyl sites for hydroxylation is 1. The Labute approximate surface area is 112 Å². The number of benzene rings is 1. The summed E-state index contributed by atoms with van der Waals surface area (Å²) in [5.74, 6) is 0. The van der Waals surface area contributed by atoms with Crippen molar-refractivity contribution in [1.29, 1.82) is 0 Å². The smallest absolute Gasteiger partial charge is 0.0801 e. The van der Waals surface area contributed by atoms with E-state index in [1.165, 1.54) is 0 Å². The molecular weight excluding hydrogens is 246 g/mol. The molecule has 1 heterocycles. The topological polar surface area (TPSA) is 37.8 Å². The highest BCUT2D eigenvalue weighted by atomic mass is 35.5. The van der Waals surface area contributed by atoms with Crippen LogP contribution in [0.1, 0.15) is 29.8 Å². The Bertz CT molecular complexity index is 514. The molecule has 1 N–H and O–H groups in total. The van der Waals surface area contributed by atoms with Gasteiger partial charge in [-0.1, -0.05) is 30.7 Å². The Balaban J connectivity index is 2.38. The number of nitrogens with one attached hydrogen (secondary N) is 1. The third-order valence-corrected chi connectivity index (χ3v) is 3.22. The van der Waals surface area contributed by atoms with Gasteiger partial charge in [-0.25, -0.2) is 0 Å². The average Bonchev–Trinajstić information content (AvgIpc) is 2.40. The minimum atomic E-state index is 0.0294. The molecule has 0 fully saturated rings.